The highest BCUT2D eigenvalue weighted by molar-refractivity contribution is 6.05. The van der Waals surface area contributed by atoms with E-state index in [9.17, 15) is 4.79 Å². The summed E-state index contributed by atoms with van der Waals surface area (Å²) in [5, 5.41) is 6.10. The number of carbonyl (C=O) groups excluding carboxylic acids is 1. The van der Waals surface area contributed by atoms with Gasteiger partial charge in [0.15, 0.2) is 0 Å². The summed E-state index contributed by atoms with van der Waals surface area (Å²) < 4.78 is 5.52. The Hall–Kier alpha value is -2.56. The molecule has 5 heteroatoms. The first-order chi connectivity index (χ1) is 11.1. The van der Waals surface area contributed by atoms with E-state index in [0.717, 1.165) is 6.54 Å². The molecular weight excluding hydrogens is 290 g/mol. The average molecular weight is 313 g/mol. The summed E-state index contributed by atoms with van der Waals surface area (Å²) in [7, 11) is 0. The molecule has 0 aliphatic heterocycles. The van der Waals surface area contributed by atoms with Gasteiger partial charge in [0, 0.05) is 18.3 Å². The molecule has 2 rings (SSSR count). The fourth-order valence-corrected chi connectivity index (χ4v) is 2.02. The molecule has 0 spiro atoms. The van der Waals surface area contributed by atoms with Crippen molar-refractivity contribution in [3.05, 3.63) is 48.2 Å². The third kappa shape index (κ3) is 4.98. The largest absolute Gasteiger partial charge is 0.492 e. The number of nitrogens with one attached hydrogen (secondary N) is 2. The molecule has 0 fully saturated rings. The number of pyridine rings is 1. The van der Waals surface area contributed by atoms with E-state index in [2.05, 4.69) is 29.5 Å². The first kappa shape index (κ1) is 16.8. The van der Waals surface area contributed by atoms with Crippen LogP contribution in [0.1, 0.15) is 31.1 Å². The van der Waals surface area contributed by atoms with E-state index in [1.165, 1.54) is 0 Å². The predicted octanol–water partition coefficient (Wildman–Crippen LogP) is 3.80. The summed E-state index contributed by atoms with van der Waals surface area (Å²) in [6.07, 6.45) is 1.63. The Labute approximate surface area is 137 Å². The summed E-state index contributed by atoms with van der Waals surface area (Å²) >= 11 is 0. The Kier molecular flexibility index (Phi) is 5.97. The molecule has 0 aliphatic carbocycles. The van der Waals surface area contributed by atoms with Gasteiger partial charge in [-0.15, -0.1) is 0 Å². The van der Waals surface area contributed by atoms with Crippen molar-refractivity contribution in [1.82, 2.24) is 4.98 Å². The van der Waals surface area contributed by atoms with Gasteiger partial charge in [-0.3, -0.25) is 4.79 Å². The molecule has 122 valence electrons. The van der Waals surface area contributed by atoms with E-state index in [1.807, 2.05) is 31.2 Å². The topological polar surface area (TPSA) is 63.2 Å². The van der Waals surface area contributed by atoms with Crippen molar-refractivity contribution in [2.24, 2.45) is 5.92 Å². The van der Waals surface area contributed by atoms with Crippen LogP contribution in [0.2, 0.25) is 0 Å². The Morgan fingerprint density at radius 3 is 2.78 bits per heavy atom. The third-order valence-corrected chi connectivity index (χ3v) is 3.15. The zero-order valence-electron chi connectivity index (χ0n) is 13.8. The predicted molar refractivity (Wildman–Crippen MR) is 93.1 cm³/mol. The van der Waals surface area contributed by atoms with Crippen LogP contribution < -0.4 is 15.4 Å². The van der Waals surface area contributed by atoms with E-state index >= 15 is 0 Å². The van der Waals surface area contributed by atoms with Crippen molar-refractivity contribution in [3.63, 3.8) is 0 Å². The van der Waals surface area contributed by atoms with Gasteiger partial charge < -0.3 is 15.4 Å². The number of rotatable bonds is 7. The molecule has 23 heavy (non-hydrogen) atoms. The molecule has 1 amide bonds. The highest BCUT2D eigenvalue weighted by Gasteiger charge is 2.10. The number of ether oxygens (including phenoxy) is 1. The van der Waals surface area contributed by atoms with Crippen LogP contribution >= 0.6 is 0 Å². The molecule has 0 bridgehead atoms. The number of para-hydroxylation sites is 2. The smallest absolute Gasteiger partial charge is 0.255 e. The van der Waals surface area contributed by atoms with Gasteiger partial charge >= 0.3 is 0 Å². The summed E-state index contributed by atoms with van der Waals surface area (Å²) in [6, 6.07) is 10.8. The van der Waals surface area contributed by atoms with Gasteiger partial charge in [-0.05, 0) is 37.1 Å². The quantitative estimate of drug-likeness (QED) is 0.816. The summed E-state index contributed by atoms with van der Waals surface area (Å²) in [6.45, 7) is 7.51. The highest BCUT2D eigenvalue weighted by Crippen LogP contribution is 2.24. The Morgan fingerprint density at radius 1 is 1.26 bits per heavy atom. The molecule has 0 saturated carbocycles. The lowest BCUT2D eigenvalue weighted by molar-refractivity contribution is 0.102. The summed E-state index contributed by atoms with van der Waals surface area (Å²) in [5.41, 5.74) is 1.21. The van der Waals surface area contributed by atoms with Gasteiger partial charge in [0.05, 0.1) is 12.3 Å². The van der Waals surface area contributed by atoms with E-state index in [4.69, 9.17) is 4.74 Å². The number of nitrogens with zero attached hydrogens (tertiary/aromatic N) is 1. The maximum Gasteiger partial charge on any atom is 0.255 e. The van der Waals surface area contributed by atoms with Gasteiger partial charge in [-0.2, -0.15) is 0 Å². The minimum atomic E-state index is -0.188. The molecule has 1 aromatic carbocycles. The van der Waals surface area contributed by atoms with Gasteiger partial charge in [0.1, 0.15) is 11.6 Å². The van der Waals surface area contributed by atoms with Gasteiger partial charge in [0.25, 0.3) is 5.91 Å². The third-order valence-electron chi connectivity index (χ3n) is 3.15. The van der Waals surface area contributed by atoms with Crippen LogP contribution in [-0.4, -0.2) is 24.0 Å². The van der Waals surface area contributed by atoms with Crippen LogP contribution in [0, 0.1) is 5.92 Å². The first-order valence-electron chi connectivity index (χ1n) is 7.83. The maximum absolute atomic E-state index is 12.4. The molecule has 2 aromatic rings. The second-order valence-corrected chi connectivity index (χ2v) is 5.59. The zero-order chi connectivity index (χ0) is 16.7. The Bertz CT molecular complexity index is 656. The second-order valence-electron chi connectivity index (χ2n) is 5.59. The van der Waals surface area contributed by atoms with Crippen LogP contribution in [0.4, 0.5) is 11.5 Å². The van der Waals surface area contributed by atoms with Crippen LogP contribution in [0.25, 0.3) is 0 Å². The average Bonchev–Trinajstić information content (AvgIpc) is 2.55. The van der Waals surface area contributed by atoms with Crippen molar-refractivity contribution < 1.29 is 9.53 Å². The molecule has 1 aromatic heterocycles. The number of anilines is 2. The number of hydrogen-bond acceptors (Lipinski definition) is 4. The standard InChI is InChI=1S/C18H23N3O2/c1-4-23-16-8-6-5-7-15(16)21-18(22)14-9-10-19-17(11-14)20-12-13(2)3/h5-11,13H,4,12H2,1-3H3,(H,19,20)(H,21,22). The number of carbonyl (C=O) groups is 1. The molecule has 1 heterocycles. The SMILES string of the molecule is CCOc1ccccc1NC(=O)c1ccnc(NCC(C)C)c1. The summed E-state index contributed by atoms with van der Waals surface area (Å²) in [4.78, 5) is 16.7. The fourth-order valence-electron chi connectivity index (χ4n) is 2.02. The second kappa shape index (κ2) is 8.17. The molecule has 2 N–H and O–H groups in total. The van der Waals surface area contributed by atoms with Gasteiger partial charge in [-0.1, -0.05) is 26.0 Å². The normalized spacial score (nSPS) is 10.4. The fraction of sp³-hybridized carbons (Fsp3) is 0.333. The lowest BCUT2D eigenvalue weighted by atomic mass is 10.2. The van der Waals surface area contributed by atoms with Crippen molar-refractivity contribution in [2.45, 2.75) is 20.8 Å². The summed E-state index contributed by atoms with van der Waals surface area (Å²) in [5.74, 6) is 1.68. The van der Waals surface area contributed by atoms with E-state index < -0.39 is 0 Å². The zero-order valence-corrected chi connectivity index (χ0v) is 13.8. The van der Waals surface area contributed by atoms with Gasteiger partial charge in [0.2, 0.25) is 0 Å². The Balaban J connectivity index is 2.10. The van der Waals surface area contributed by atoms with E-state index in [1.54, 1.807) is 18.3 Å². The highest BCUT2D eigenvalue weighted by atomic mass is 16.5. The van der Waals surface area contributed by atoms with E-state index in [-0.39, 0.29) is 5.91 Å². The monoisotopic (exact) mass is 313 g/mol. The number of aromatic nitrogens is 1. The van der Waals surface area contributed by atoms with E-state index in [0.29, 0.717) is 35.3 Å². The molecule has 0 radical (unpaired) electrons. The minimum Gasteiger partial charge on any atom is -0.492 e. The molecule has 0 saturated heterocycles. The maximum atomic E-state index is 12.4. The lowest BCUT2D eigenvalue weighted by Gasteiger charge is -2.12. The molecule has 0 aliphatic rings. The van der Waals surface area contributed by atoms with Crippen molar-refractivity contribution in [1.29, 1.82) is 0 Å². The Morgan fingerprint density at radius 2 is 2.04 bits per heavy atom. The van der Waals surface area contributed by atoms with Crippen molar-refractivity contribution >= 4 is 17.4 Å². The molecule has 0 atom stereocenters. The minimum absolute atomic E-state index is 0.188. The first-order valence-corrected chi connectivity index (χ1v) is 7.83. The van der Waals surface area contributed by atoms with Crippen molar-refractivity contribution in [3.8, 4) is 5.75 Å². The molecule has 5 nitrogen and oxygen atoms in total. The lowest BCUT2D eigenvalue weighted by Crippen LogP contribution is -2.14. The van der Waals surface area contributed by atoms with Crippen LogP contribution in [0.3, 0.4) is 0 Å². The molecular formula is C18H23N3O2. The number of benzene rings is 1. The van der Waals surface area contributed by atoms with Crippen molar-refractivity contribution in [2.75, 3.05) is 23.8 Å². The number of hydrogen-bond donors (Lipinski definition) is 2. The van der Waals surface area contributed by atoms with Gasteiger partial charge in [-0.25, -0.2) is 4.98 Å². The van der Waals surface area contributed by atoms with Crippen LogP contribution in [0.5, 0.6) is 5.75 Å². The van der Waals surface area contributed by atoms with Crippen LogP contribution in [0.15, 0.2) is 42.6 Å². The van der Waals surface area contributed by atoms with Crippen LogP contribution in [-0.2, 0) is 0 Å². The molecule has 0 unspecified atom stereocenters. The number of amides is 1.